The molecule has 0 bridgehead atoms. The molecule has 1 aliphatic carbocycles. The van der Waals surface area contributed by atoms with Gasteiger partial charge in [0.1, 0.15) is 11.5 Å². The predicted octanol–water partition coefficient (Wildman–Crippen LogP) is 5.19. The van der Waals surface area contributed by atoms with E-state index in [0.717, 1.165) is 16.7 Å². The molecule has 0 aliphatic heterocycles. The molecule has 0 saturated carbocycles. The van der Waals surface area contributed by atoms with E-state index in [1.807, 2.05) is 0 Å². The first-order chi connectivity index (χ1) is 8.25. The van der Waals surface area contributed by atoms with Crippen LogP contribution in [-0.4, -0.2) is 0 Å². The van der Waals surface area contributed by atoms with Crippen LogP contribution in [0.15, 0.2) is 33.2 Å². The van der Waals surface area contributed by atoms with Gasteiger partial charge in [0.05, 0.1) is 3.57 Å². The second-order valence-electron chi connectivity index (χ2n) is 4.36. The molecule has 0 saturated heterocycles. The molecular weight excluding hydrogens is 391 g/mol. The van der Waals surface area contributed by atoms with Crippen LogP contribution in [0.25, 0.3) is 11.3 Å². The fourth-order valence-electron chi connectivity index (χ4n) is 2.31. The van der Waals surface area contributed by atoms with E-state index in [1.54, 1.807) is 0 Å². The Kier molecular flexibility index (Phi) is 3.30. The highest BCUT2D eigenvalue weighted by molar-refractivity contribution is 14.1. The van der Waals surface area contributed by atoms with E-state index in [9.17, 15) is 0 Å². The molecule has 0 N–H and O–H groups in total. The van der Waals surface area contributed by atoms with Crippen LogP contribution in [-0.2, 0) is 12.8 Å². The molecule has 0 fully saturated rings. The minimum atomic E-state index is 1.05. The molecule has 1 nitrogen and oxygen atoms in total. The zero-order valence-corrected chi connectivity index (χ0v) is 13.0. The third-order valence-electron chi connectivity index (χ3n) is 3.21. The van der Waals surface area contributed by atoms with Crippen molar-refractivity contribution in [1.29, 1.82) is 0 Å². The lowest BCUT2D eigenvalue weighted by molar-refractivity contribution is 0.487. The Morgan fingerprint density at radius 3 is 2.47 bits per heavy atom. The van der Waals surface area contributed by atoms with Crippen molar-refractivity contribution >= 4 is 38.5 Å². The smallest absolute Gasteiger partial charge is 0.147 e. The number of halogens is 2. The predicted molar refractivity (Wildman–Crippen MR) is 81.2 cm³/mol. The van der Waals surface area contributed by atoms with Crippen molar-refractivity contribution in [3.63, 3.8) is 0 Å². The lowest BCUT2D eigenvalue weighted by atomic mass is 9.98. The minimum Gasteiger partial charge on any atom is -0.460 e. The Bertz CT molecular complexity index is 542. The maximum absolute atomic E-state index is 6.04. The van der Waals surface area contributed by atoms with Gasteiger partial charge in [-0.2, -0.15) is 0 Å². The molecule has 88 valence electrons. The molecule has 1 aromatic carbocycles. The summed E-state index contributed by atoms with van der Waals surface area (Å²) in [6.07, 6.45) is 4.83. The Morgan fingerprint density at radius 1 is 1.06 bits per heavy atom. The van der Waals surface area contributed by atoms with Gasteiger partial charge in [0.25, 0.3) is 0 Å². The second-order valence-corrected chi connectivity index (χ2v) is 6.36. The van der Waals surface area contributed by atoms with Gasteiger partial charge in [0.2, 0.25) is 0 Å². The summed E-state index contributed by atoms with van der Waals surface area (Å²) in [5.74, 6) is 2.25. The SMILES string of the molecule is Brc1ccc(-c2oc3c(c2I)CCCC3)cc1. The van der Waals surface area contributed by atoms with Crippen LogP contribution in [0.5, 0.6) is 0 Å². The van der Waals surface area contributed by atoms with Crippen LogP contribution in [0.2, 0.25) is 0 Å². The molecule has 0 spiro atoms. The van der Waals surface area contributed by atoms with Crippen molar-refractivity contribution < 1.29 is 4.42 Å². The van der Waals surface area contributed by atoms with Gasteiger partial charge in [0.15, 0.2) is 0 Å². The van der Waals surface area contributed by atoms with Gasteiger partial charge in [-0.05, 0) is 54.0 Å². The van der Waals surface area contributed by atoms with Crippen molar-refractivity contribution in [2.24, 2.45) is 0 Å². The van der Waals surface area contributed by atoms with E-state index in [1.165, 1.54) is 39.7 Å². The number of aryl methyl sites for hydroxylation is 1. The number of hydrogen-bond donors (Lipinski definition) is 0. The molecule has 0 radical (unpaired) electrons. The molecule has 1 aliphatic rings. The fourth-order valence-corrected chi connectivity index (χ4v) is 3.57. The summed E-state index contributed by atoms with van der Waals surface area (Å²) >= 11 is 5.89. The highest BCUT2D eigenvalue weighted by Crippen LogP contribution is 2.36. The van der Waals surface area contributed by atoms with Crippen molar-refractivity contribution in [3.8, 4) is 11.3 Å². The molecule has 3 rings (SSSR count). The van der Waals surface area contributed by atoms with Crippen LogP contribution in [0.3, 0.4) is 0 Å². The molecule has 1 heterocycles. The van der Waals surface area contributed by atoms with Gasteiger partial charge in [-0.25, -0.2) is 0 Å². The van der Waals surface area contributed by atoms with Crippen LogP contribution in [0.1, 0.15) is 24.2 Å². The quantitative estimate of drug-likeness (QED) is 0.598. The first-order valence-corrected chi connectivity index (χ1v) is 7.69. The first-order valence-electron chi connectivity index (χ1n) is 5.81. The average molecular weight is 403 g/mol. The third-order valence-corrected chi connectivity index (χ3v) is 4.88. The summed E-state index contributed by atoms with van der Waals surface area (Å²) in [5, 5.41) is 0. The monoisotopic (exact) mass is 402 g/mol. The highest BCUT2D eigenvalue weighted by Gasteiger charge is 2.21. The van der Waals surface area contributed by atoms with Crippen LogP contribution < -0.4 is 0 Å². The van der Waals surface area contributed by atoms with Crippen LogP contribution in [0, 0.1) is 3.57 Å². The third kappa shape index (κ3) is 2.19. The normalized spacial score (nSPS) is 14.7. The Morgan fingerprint density at radius 2 is 1.76 bits per heavy atom. The van der Waals surface area contributed by atoms with Gasteiger partial charge in [-0.1, -0.05) is 28.1 Å². The number of hydrogen-bond acceptors (Lipinski definition) is 1. The van der Waals surface area contributed by atoms with E-state index in [2.05, 4.69) is 62.8 Å². The number of fused-ring (bicyclic) bond motifs is 1. The topological polar surface area (TPSA) is 13.1 Å². The Hall–Kier alpha value is -0.290. The summed E-state index contributed by atoms with van der Waals surface area (Å²) < 4.78 is 8.45. The van der Waals surface area contributed by atoms with Gasteiger partial charge in [-0.15, -0.1) is 0 Å². The maximum Gasteiger partial charge on any atom is 0.147 e. The molecule has 1 aromatic heterocycles. The molecule has 0 atom stereocenters. The lowest BCUT2D eigenvalue weighted by Gasteiger charge is -2.08. The Balaban J connectivity index is 2.09. The minimum absolute atomic E-state index is 1.05. The number of furan rings is 1. The van der Waals surface area contributed by atoms with Gasteiger partial charge in [0, 0.05) is 22.0 Å². The van der Waals surface area contributed by atoms with Gasteiger partial charge >= 0.3 is 0 Å². The van der Waals surface area contributed by atoms with E-state index in [-0.39, 0.29) is 0 Å². The molecule has 0 unspecified atom stereocenters. The standard InChI is InChI=1S/C14H12BrIO/c15-10-7-5-9(6-8-10)14-13(16)11-3-1-2-4-12(11)17-14/h5-8H,1-4H2. The van der Waals surface area contributed by atoms with Gasteiger partial charge in [-0.3, -0.25) is 0 Å². The lowest BCUT2D eigenvalue weighted by Crippen LogP contribution is -1.99. The zero-order chi connectivity index (χ0) is 11.8. The van der Waals surface area contributed by atoms with E-state index in [0.29, 0.717) is 0 Å². The summed E-state index contributed by atoms with van der Waals surface area (Å²) in [6.45, 7) is 0. The largest absolute Gasteiger partial charge is 0.460 e. The molecule has 17 heavy (non-hydrogen) atoms. The summed E-state index contributed by atoms with van der Waals surface area (Å²) in [7, 11) is 0. The summed E-state index contributed by atoms with van der Waals surface area (Å²) in [6, 6.07) is 8.34. The second kappa shape index (κ2) is 4.76. The average Bonchev–Trinajstić information content (AvgIpc) is 2.69. The molecular formula is C14H12BrIO. The van der Waals surface area contributed by atoms with Crippen molar-refractivity contribution in [2.75, 3.05) is 0 Å². The molecule has 3 heteroatoms. The summed E-state index contributed by atoms with van der Waals surface area (Å²) in [4.78, 5) is 0. The van der Waals surface area contributed by atoms with Gasteiger partial charge < -0.3 is 4.42 Å². The molecule has 2 aromatic rings. The van der Waals surface area contributed by atoms with E-state index < -0.39 is 0 Å². The maximum atomic E-state index is 6.04. The van der Waals surface area contributed by atoms with Crippen LogP contribution in [0.4, 0.5) is 0 Å². The first kappa shape index (κ1) is 11.8. The van der Waals surface area contributed by atoms with Crippen molar-refractivity contribution in [1.82, 2.24) is 0 Å². The summed E-state index contributed by atoms with van der Waals surface area (Å²) in [5.41, 5.74) is 2.61. The highest BCUT2D eigenvalue weighted by atomic mass is 127. The van der Waals surface area contributed by atoms with E-state index in [4.69, 9.17) is 4.42 Å². The number of rotatable bonds is 1. The molecule has 0 amide bonds. The fraction of sp³-hybridized carbons (Fsp3) is 0.286. The number of benzene rings is 1. The van der Waals surface area contributed by atoms with Crippen LogP contribution >= 0.6 is 38.5 Å². The van der Waals surface area contributed by atoms with Crippen molar-refractivity contribution in [3.05, 3.63) is 43.6 Å². The Labute approximate surface area is 123 Å². The zero-order valence-electron chi connectivity index (χ0n) is 9.30. The van der Waals surface area contributed by atoms with E-state index >= 15 is 0 Å². The van der Waals surface area contributed by atoms with Crippen molar-refractivity contribution in [2.45, 2.75) is 25.7 Å².